The molecule has 0 bridgehead atoms. The topological polar surface area (TPSA) is 111 Å². The first kappa shape index (κ1) is 27.4. The zero-order valence-corrected chi connectivity index (χ0v) is 22.1. The van der Waals surface area contributed by atoms with Crippen LogP contribution in [0.4, 0.5) is 0 Å². The van der Waals surface area contributed by atoms with E-state index in [1.165, 1.54) is 18.6 Å². The first-order chi connectivity index (χ1) is 14.4. The van der Waals surface area contributed by atoms with Crippen LogP contribution >= 0.6 is 0 Å². The van der Waals surface area contributed by atoms with E-state index in [-0.39, 0.29) is 35.1 Å². The molecule has 176 valence electrons. The van der Waals surface area contributed by atoms with Gasteiger partial charge in [0, 0.05) is 34.8 Å². The Labute approximate surface area is 208 Å². The first-order valence-corrected chi connectivity index (χ1v) is 11.9. The van der Waals surface area contributed by atoms with E-state index < -0.39 is 15.2 Å². The van der Waals surface area contributed by atoms with Crippen molar-refractivity contribution >= 4 is 10.1 Å². The van der Waals surface area contributed by atoms with Crippen LogP contribution in [0.25, 0.3) is 0 Å². The Kier molecular flexibility index (Phi) is 6.98. The van der Waals surface area contributed by atoms with Gasteiger partial charge in [0.1, 0.15) is 0 Å². The molecular weight excluding hydrogens is 435 g/mol. The minimum Gasteiger partial charge on any atom is -0.743 e. The van der Waals surface area contributed by atoms with Crippen LogP contribution < -0.4 is 18.9 Å². The van der Waals surface area contributed by atoms with Gasteiger partial charge in [-0.05, 0) is 18.2 Å². The number of hydrogen-bond acceptors (Lipinski definition) is 6. The molecule has 33 heavy (non-hydrogen) atoms. The van der Waals surface area contributed by atoms with Crippen molar-refractivity contribution < 1.29 is 31.8 Å². The molecule has 3 aromatic heterocycles. The molecule has 0 amide bonds. The molecule has 11 heteroatoms. The maximum Gasteiger partial charge on any atom is 1.00 e. The second kappa shape index (κ2) is 8.42. The van der Waals surface area contributed by atoms with E-state index in [9.17, 15) is 13.0 Å². The molecule has 0 saturated carbocycles. The third-order valence-corrected chi connectivity index (χ3v) is 6.54. The molecule has 3 rings (SSSR count). The van der Waals surface area contributed by atoms with Crippen LogP contribution in [0.15, 0.2) is 36.8 Å². The van der Waals surface area contributed by atoms with Crippen LogP contribution in [-0.4, -0.2) is 42.3 Å². The van der Waals surface area contributed by atoms with Gasteiger partial charge in [-0.15, -0.1) is 0 Å². The smallest absolute Gasteiger partial charge is 0.743 e. The summed E-state index contributed by atoms with van der Waals surface area (Å²) in [4.78, 5) is 0. The molecule has 0 N–H and O–H groups in total. The van der Waals surface area contributed by atoms with Crippen molar-refractivity contribution in [1.29, 1.82) is 0 Å². The summed E-state index contributed by atoms with van der Waals surface area (Å²) in [5.74, 6) is 0. The quantitative estimate of drug-likeness (QED) is 0.404. The van der Waals surface area contributed by atoms with E-state index in [4.69, 9.17) is 0 Å². The third-order valence-electron chi connectivity index (χ3n) is 5.30. The van der Waals surface area contributed by atoms with Crippen molar-refractivity contribution in [3.8, 4) is 0 Å². The number of rotatable bonds is 4. The summed E-state index contributed by atoms with van der Waals surface area (Å²) in [6.07, 6.45) is 4.48. The van der Waals surface area contributed by atoms with Gasteiger partial charge in [0.05, 0.1) is 17.1 Å². The first-order valence-electron chi connectivity index (χ1n) is 10.5. The van der Waals surface area contributed by atoms with Crippen molar-refractivity contribution in [2.45, 2.75) is 83.7 Å². The van der Waals surface area contributed by atoms with E-state index >= 15 is 0 Å². The van der Waals surface area contributed by atoms with Gasteiger partial charge < -0.3 is 4.55 Å². The predicted molar refractivity (Wildman–Crippen MR) is 121 cm³/mol. The normalized spacial score (nSPS) is 13.8. The fourth-order valence-corrected chi connectivity index (χ4v) is 4.31. The summed E-state index contributed by atoms with van der Waals surface area (Å²) in [6.45, 7) is 17.7. The standard InChI is InChI=1S/C22H34N6O3S.Li/c1-19(2,3)16-10-13-26(23-16)22(32(29,30)31,27-14-11-17(24-27)20(4,5)6)28-15-12-18(25-28)21(7,8)9;/h10-15H,1-9H3,(H,29,30,31);/q;+1/p-1. The SMILES string of the molecule is CC(C)(C)c1ccn(C(n2ccc(C(C)(C)C)n2)(n2ccc(C(C)(C)C)n2)S(=O)(=O)[O-])n1.[Li+]. The monoisotopic (exact) mass is 468 g/mol. The molecule has 0 atom stereocenters. The fraction of sp³-hybridized carbons (Fsp3) is 0.591. The van der Waals surface area contributed by atoms with Crippen LogP contribution in [0.1, 0.15) is 79.4 Å². The second-order valence-corrected chi connectivity index (χ2v) is 12.7. The Morgan fingerprint density at radius 2 is 0.879 bits per heavy atom. The molecule has 0 spiro atoms. The molecule has 0 fully saturated rings. The van der Waals surface area contributed by atoms with E-state index in [1.54, 1.807) is 18.2 Å². The summed E-state index contributed by atoms with van der Waals surface area (Å²) < 4.78 is 42.7. The molecule has 0 aliphatic carbocycles. The minimum atomic E-state index is -5.13. The Balaban J connectivity index is 0.00000385. The molecule has 0 aromatic carbocycles. The Hall–Kier alpha value is -1.86. The molecule has 9 nitrogen and oxygen atoms in total. The third kappa shape index (κ3) is 4.85. The number of hydrogen-bond donors (Lipinski definition) is 0. The van der Waals surface area contributed by atoms with Crippen molar-refractivity contribution in [2.75, 3.05) is 0 Å². The molecule has 3 aromatic rings. The zero-order valence-electron chi connectivity index (χ0n) is 21.3. The van der Waals surface area contributed by atoms with Gasteiger partial charge >= 0.3 is 24.0 Å². The molecule has 0 saturated heterocycles. The van der Waals surface area contributed by atoms with Crippen molar-refractivity contribution in [2.24, 2.45) is 0 Å². The van der Waals surface area contributed by atoms with Crippen molar-refractivity contribution in [1.82, 2.24) is 29.3 Å². The Morgan fingerprint density at radius 3 is 1.03 bits per heavy atom. The van der Waals surface area contributed by atoms with E-state index in [2.05, 4.69) is 15.3 Å². The van der Waals surface area contributed by atoms with Crippen molar-refractivity contribution in [3.05, 3.63) is 53.9 Å². The van der Waals surface area contributed by atoms with Crippen LogP contribution in [0.3, 0.4) is 0 Å². The molecule has 0 aliphatic heterocycles. The van der Waals surface area contributed by atoms with Gasteiger partial charge in [-0.1, -0.05) is 62.3 Å². The average molecular weight is 469 g/mol. The largest absolute Gasteiger partial charge is 1.00 e. The maximum atomic E-state index is 13.1. The molecule has 0 aliphatic rings. The average Bonchev–Trinajstić information content (AvgIpc) is 3.34. The van der Waals surface area contributed by atoms with Gasteiger partial charge in [-0.2, -0.15) is 15.3 Å². The second-order valence-electron chi connectivity index (χ2n) is 11.2. The van der Waals surface area contributed by atoms with Gasteiger partial charge in [0.15, 0.2) is 10.1 Å². The maximum absolute atomic E-state index is 13.1. The Morgan fingerprint density at radius 1 is 0.636 bits per heavy atom. The molecule has 3 heterocycles. The van der Waals surface area contributed by atoms with Crippen LogP contribution in [-0.2, 0) is 31.5 Å². The molecular formula is C22H33LiN6O3S. The van der Waals surface area contributed by atoms with Crippen LogP contribution in [0, 0.1) is 0 Å². The molecule has 0 radical (unpaired) electrons. The summed E-state index contributed by atoms with van der Waals surface area (Å²) in [6, 6.07) is 5.13. The fourth-order valence-electron chi connectivity index (χ4n) is 3.32. The van der Waals surface area contributed by atoms with E-state index in [0.29, 0.717) is 17.1 Å². The van der Waals surface area contributed by atoms with Gasteiger partial charge in [0.2, 0.25) is 0 Å². The zero-order chi connectivity index (χ0) is 24.3. The minimum absolute atomic E-state index is 0. The van der Waals surface area contributed by atoms with E-state index in [0.717, 1.165) is 14.0 Å². The Bertz CT molecular complexity index is 1090. The van der Waals surface area contributed by atoms with Crippen molar-refractivity contribution in [3.63, 3.8) is 0 Å². The van der Waals surface area contributed by atoms with Gasteiger partial charge in [0.25, 0.3) is 0 Å². The molecule has 0 unspecified atom stereocenters. The predicted octanol–water partition coefficient (Wildman–Crippen LogP) is 0.382. The van der Waals surface area contributed by atoms with Crippen LogP contribution in [0.2, 0.25) is 0 Å². The van der Waals surface area contributed by atoms with Gasteiger partial charge in [-0.25, -0.2) is 22.5 Å². The summed E-state index contributed by atoms with van der Waals surface area (Å²) in [5.41, 5.74) is 0.840. The van der Waals surface area contributed by atoms with Crippen LogP contribution in [0.5, 0.6) is 0 Å². The number of nitrogens with zero attached hydrogens (tertiary/aromatic N) is 6. The summed E-state index contributed by atoms with van der Waals surface area (Å²) >= 11 is 0. The number of aromatic nitrogens is 6. The van der Waals surface area contributed by atoms with Gasteiger partial charge in [-0.3, -0.25) is 0 Å². The summed E-state index contributed by atoms with van der Waals surface area (Å²) in [7, 11) is -5.13. The van der Waals surface area contributed by atoms with E-state index in [1.807, 2.05) is 62.3 Å². The summed E-state index contributed by atoms with van der Waals surface area (Å²) in [5, 5.41) is 11.2.